The van der Waals surface area contributed by atoms with Crippen molar-refractivity contribution >= 4 is 29.2 Å². The quantitative estimate of drug-likeness (QED) is 0.404. The summed E-state index contributed by atoms with van der Waals surface area (Å²) in [6.07, 6.45) is 1.54. The summed E-state index contributed by atoms with van der Waals surface area (Å²) in [5.74, 6) is 1.16. The van der Waals surface area contributed by atoms with Gasteiger partial charge in [-0.2, -0.15) is 5.10 Å². The number of non-ortho nitro benzene ring substituents is 1. The van der Waals surface area contributed by atoms with Crippen LogP contribution in [0, 0.1) is 10.1 Å². The van der Waals surface area contributed by atoms with Crippen molar-refractivity contribution in [3.8, 4) is 11.3 Å². The average Bonchev–Trinajstić information content (AvgIpc) is 3.04. The molecule has 3 rings (SSSR count). The highest BCUT2D eigenvalue weighted by Crippen LogP contribution is 2.24. The van der Waals surface area contributed by atoms with Gasteiger partial charge in [-0.15, -0.1) is 0 Å². The fourth-order valence-electron chi connectivity index (χ4n) is 2.05. The summed E-state index contributed by atoms with van der Waals surface area (Å²) in [5, 5.41) is 15.4. The summed E-state index contributed by atoms with van der Waals surface area (Å²) >= 11 is 5.89. The van der Waals surface area contributed by atoms with E-state index in [4.69, 9.17) is 16.0 Å². The van der Waals surface area contributed by atoms with Crippen LogP contribution in [0.4, 0.5) is 11.4 Å². The standard InChI is InChI=1S/C17H12ClN3O3/c18-13-2-1-3-14(10-13)20-19-11-16-8-9-17(24-16)12-4-6-15(7-5-12)21(22)23/h1-11,20H/b19-11-. The predicted molar refractivity (Wildman–Crippen MR) is 93.5 cm³/mol. The number of halogens is 1. The van der Waals surface area contributed by atoms with Crippen molar-refractivity contribution in [3.05, 3.63) is 81.6 Å². The Kier molecular flexibility index (Phi) is 4.58. The molecule has 0 saturated carbocycles. The zero-order valence-electron chi connectivity index (χ0n) is 12.3. The second-order valence-corrected chi connectivity index (χ2v) is 5.32. The second-order valence-electron chi connectivity index (χ2n) is 4.89. The molecule has 0 aliphatic carbocycles. The molecule has 6 nitrogen and oxygen atoms in total. The molecular formula is C17H12ClN3O3. The molecule has 0 unspecified atom stereocenters. The maximum atomic E-state index is 10.7. The molecule has 0 amide bonds. The Bertz CT molecular complexity index is 888. The van der Waals surface area contributed by atoms with Gasteiger partial charge in [0.2, 0.25) is 0 Å². The van der Waals surface area contributed by atoms with Crippen LogP contribution in [0.25, 0.3) is 11.3 Å². The van der Waals surface area contributed by atoms with Crippen LogP contribution in [0.1, 0.15) is 5.76 Å². The molecule has 0 spiro atoms. The zero-order valence-corrected chi connectivity index (χ0v) is 13.1. The van der Waals surface area contributed by atoms with Gasteiger partial charge in [-0.25, -0.2) is 0 Å². The van der Waals surface area contributed by atoms with E-state index in [1.54, 1.807) is 36.4 Å². The Labute approximate surface area is 142 Å². The van der Waals surface area contributed by atoms with Crippen LogP contribution in [0.2, 0.25) is 5.02 Å². The van der Waals surface area contributed by atoms with E-state index in [1.165, 1.54) is 18.3 Å². The third-order valence-electron chi connectivity index (χ3n) is 3.20. The van der Waals surface area contributed by atoms with Gasteiger partial charge < -0.3 is 4.42 Å². The maximum Gasteiger partial charge on any atom is 0.269 e. The lowest BCUT2D eigenvalue weighted by Gasteiger charge is -1.99. The molecule has 120 valence electrons. The van der Waals surface area contributed by atoms with Crippen LogP contribution >= 0.6 is 11.6 Å². The molecule has 0 saturated heterocycles. The van der Waals surface area contributed by atoms with Gasteiger partial charge in [0.1, 0.15) is 11.5 Å². The molecule has 0 bridgehead atoms. The van der Waals surface area contributed by atoms with Gasteiger partial charge in [-0.05, 0) is 42.5 Å². The molecule has 1 heterocycles. The Morgan fingerprint density at radius 2 is 1.92 bits per heavy atom. The van der Waals surface area contributed by atoms with Gasteiger partial charge in [0.15, 0.2) is 0 Å². The van der Waals surface area contributed by atoms with E-state index in [9.17, 15) is 10.1 Å². The first kappa shape index (κ1) is 15.8. The van der Waals surface area contributed by atoms with E-state index in [0.717, 1.165) is 11.3 Å². The summed E-state index contributed by atoms with van der Waals surface area (Å²) in [7, 11) is 0. The Morgan fingerprint density at radius 1 is 1.12 bits per heavy atom. The van der Waals surface area contributed by atoms with E-state index in [-0.39, 0.29) is 5.69 Å². The number of nitrogens with one attached hydrogen (secondary N) is 1. The van der Waals surface area contributed by atoms with Crippen molar-refractivity contribution in [2.75, 3.05) is 5.43 Å². The highest BCUT2D eigenvalue weighted by atomic mass is 35.5. The number of rotatable bonds is 5. The third-order valence-corrected chi connectivity index (χ3v) is 3.43. The zero-order chi connectivity index (χ0) is 16.9. The van der Waals surface area contributed by atoms with E-state index in [2.05, 4.69) is 10.5 Å². The maximum absolute atomic E-state index is 10.7. The topological polar surface area (TPSA) is 80.7 Å². The normalized spacial score (nSPS) is 10.9. The van der Waals surface area contributed by atoms with Gasteiger partial charge >= 0.3 is 0 Å². The highest BCUT2D eigenvalue weighted by molar-refractivity contribution is 6.30. The van der Waals surface area contributed by atoms with Crippen LogP contribution in [0.5, 0.6) is 0 Å². The van der Waals surface area contributed by atoms with Gasteiger partial charge in [-0.3, -0.25) is 15.5 Å². The number of nitrogens with zero attached hydrogens (tertiary/aromatic N) is 2. The molecule has 1 aromatic heterocycles. The van der Waals surface area contributed by atoms with Crippen LogP contribution in [-0.4, -0.2) is 11.1 Å². The lowest BCUT2D eigenvalue weighted by Crippen LogP contribution is -1.89. The second kappa shape index (κ2) is 6.97. The molecule has 1 N–H and O–H groups in total. The minimum Gasteiger partial charge on any atom is -0.455 e. The van der Waals surface area contributed by atoms with Crippen molar-refractivity contribution < 1.29 is 9.34 Å². The van der Waals surface area contributed by atoms with Gasteiger partial charge in [0.05, 0.1) is 16.8 Å². The summed E-state index contributed by atoms with van der Waals surface area (Å²) in [5.41, 5.74) is 4.41. The first-order valence-electron chi connectivity index (χ1n) is 7.01. The number of hydrazone groups is 1. The molecular weight excluding hydrogens is 330 g/mol. The molecule has 0 fully saturated rings. The summed E-state index contributed by atoms with van der Waals surface area (Å²) in [6, 6.07) is 16.9. The Hall–Kier alpha value is -3.12. The van der Waals surface area contributed by atoms with Gasteiger partial charge in [0, 0.05) is 22.7 Å². The van der Waals surface area contributed by atoms with Crippen LogP contribution < -0.4 is 5.43 Å². The summed E-state index contributed by atoms with van der Waals surface area (Å²) in [6.45, 7) is 0. The number of benzene rings is 2. The fraction of sp³-hybridized carbons (Fsp3) is 0. The first-order valence-corrected chi connectivity index (χ1v) is 7.39. The van der Waals surface area contributed by atoms with Crippen molar-refractivity contribution in [2.24, 2.45) is 5.10 Å². The van der Waals surface area contributed by atoms with Gasteiger partial charge in [-0.1, -0.05) is 17.7 Å². The SMILES string of the molecule is O=[N+]([O-])c1ccc(-c2ccc(/C=N\Nc3cccc(Cl)c3)o2)cc1. The number of nitro groups is 1. The largest absolute Gasteiger partial charge is 0.455 e. The lowest BCUT2D eigenvalue weighted by molar-refractivity contribution is -0.384. The van der Waals surface area contributed by atoms with Crippen LogP contribution in [0.3, 0.4) is 0 Å². The summed E-state index contributed by atoms with van der Waals surface area (Å²) in [4.78, 5) is 10.2. The molecule has 2 aromatic carbocycles. The Balaban J connectivity index is 1.69. The number of nitro benzene ring substituents is 1. The molecule has 0 radical (unpaired) electrons. The number of furan rings is 1. The predicted octanol–water partition coefficient (Wildman–Crippen LogP) is 4.95. The average molecular weight is 342 g/mol. The smallest absolute Gasteiger partial charge is 0.269 e. The van der Waals surface area contributed by atoms with E-state index < -0.39 is 4.92 Å². The molecule has 0 aliphatic heterocycles. The minimum absolute atomic E-state index is 0.0396. The molecule has 3 aromatic rings. The summed E-state index contributed by atoms with van der Waals surface area (Å²) < 4.78 is 5.65. The van der Waals surface area contributed by atoms with Crippen molar-refractivity contribution in [3.63, 3.8) is 0 Å². The lowest BCUT2D eigenvalue weighted by atomic mass is 10.1. The van der Waals surface area contributed by atoms with Gasteiger partial charge in [0.25, 0.3) is 5.69 Å². The van der Waals surface area contributed by atoms with Crippen molar-refractivity contribution in [1.29, 1.82) is 0 Å². The Morgan fingerprint density at radius 3 is 2.62 bits per heavy atom. The highest BCUT2D eigenvalue weighted by Gasteiger charge is 2.07. The minimum atomic E-state index is -0.439. The van der Waals surface area contributed by atoms with Crippen LogP contribution in [0.15, 0.2) is 70.2 Å². The number of anilines is 1. The molecule has 24 heavy (non-hydrogen) atoms. The van der Waals surface area contributed by atoms with Crippen molar-refractivity contribution in [2.45, 2.75) is 0 Å². The molecule has 0 atom stereocenters. The monoisotopic (exact) mass is 341 g/mol. The molecule has 0 aliphatic rings. The van der Waals surface area contributed by atoms with E-state index in [1.807, 2.05) is 12.1 Å². The van der Waals surface area contributed by atoms with Crippen molar-refractivity contribution in [1.82, 2.24) is 0 Å². The number of hydrogen-bond donors (Lipinski definition) is 1. The number of hydrogen-bond acceptors (Lipinski definition) is 5. The van der Waals surface area contributed by atoms with E-state index in [0.29, 0.717) is 16.5 Å². The molecule has 7 heteroatoms. The van der Waals surface area contributed by atoms with E-state index >= 15 is 0 Å². The fourth-order valence-corrected chi connectivity index (χ4v) is 2.24. The first-order chi connectivity index (χ1) is 11.6. The third kappa shape index (κ3) is 3.80. The van der Waals surface area contributed by atoms with Crippen LogP contribution in [-0.2, 0) is 0 Å².